The number of aromatic carboxylic acids is 1. The fourth-order valence-electron chi connectivity index (χ4n) is 2.63. The average molecular weight is 464 g/mol. The molecule has 4 N–H and O–H groups in total. The first kappa shape index (κ1) is 24.5. The molecular formula is C17H13F9N2O3. The van der Waals surface area contributed by atoms with Gasteiger partial charge in [-0.25, -0.2) is 4.79 Å². The van der Waals surface area contributed by atoms with Gasteiger partial charge < -0.3 is 20.5 Å². The van der Waals surface area contributed by atoms with E-state index >= 15 is 0 Å². The lowest BCUT2D eigenvalue weighted by Crippen LogP contribution is -2.22. The van der Waals surface area contributed by atoms with Crippen LogP contribution in [0, 0.1) is 0 Å². The van der Waals surface area contributed by atoms with Gasteiger partial charge in [-0.05, 0) is 29.8 Å². The van der Waals surface area contributed by atoms with Crippen LogP contribution in [0.15, 0.2) is 24.3 Å². The van der Waals surface area contributed by atoms with E-state index in [4.69, 9.17) is 5.11 Å². The lowest BCUT2D eigenvalue weighted by molar-refractivity contribution is -0.143. The minimum Gasteiger partial charge on any atom is -0.477 e. The van der Waals surface area contributed by atoms with E-state index < -0.39 is 71.6 Å². The Hall–Kier alpha value is -2.74. The van der Waals surface area contributed by atoms with E-state index in [0.717, 1.165) is 0 Å². The lowest BCUT2D eigenvalue weighted by Gasteiger charge is -2.17. The summed E-state index contributed by atoms with van der Waals surface area (Å²) in [5.41, 5.74) is -6.88. The van der Waals surface area contributed by atoms with E-state index in [2.05, 4.69) is 5.32 Å². The summed E-state index contributed by atoms with van der Waals surface area (Å²) in [5.74, 6) is -1.89. The second-order valence-electron chi connectivity index (χ2n) is 6.37. The van der Waals surface area contributed by atoms with Crippen molar-refractivity contribution in [3.8, 4) is 0 Å². The number of carboxylic acid groups (broad SMARTS) is 1. The second kappa shape index (κ2) is 8.42. The summed E-state index contributed by atoms with van der Waals surface area (Å²) in [6, 6.07) is 1.00. The summed E-state index contributed by atoms with van der Waals surface area (Å²) in [5, 5.41) is 21.1. The molecule has 0 aliphatic heterocycles. The van der Waals surface area contributed by atoms with Crippen molar-refractivity contribution in [3.63, 3.8) is 0 Å². The molecular weight excluding hydrogens is 451 g/mol. The van der Waals surface area contributed by atoms with Crippen molar-refractivity contribution in [3.05, 3.63) is 57.9 Å². The number of nitrogens with one attached hydrogen (secondary N) is 2. The Morgan fingerprint density at radius 3 is 1.81 bits per heavy atom. The molecule has 1 unspecified atom stereocenters. The molecule has 0 radical (unpaired) electrons. The van der Waals surface area contributed by atoms with Gasteiger partial charge in [0, 0.05) is 18.8 Å². The third-order valence-electron chi connectivity index (χ3n) is 4.04. The first-order chi connectivity index (χ1) is 14.0. The number of alkyl halides is 9. The molecule has 2 rings (SSSR count). The Labute approximate surface area is 167 Å². The quantitative estimate of drug-likeness (QED) is 0.472. The molecule has 0 aliphatic carbocycles. The van der Waals surface area contributed by atoms with Crippen molar-refractivity contribution in [1.82, 2.24) is 10.3 Å². The Kier molecular flexibility index (Phi) is 6.66. The molecule has 5 nitrogen and oxygen atoms in total. The number of carboxylic acids is 1. The molecule has 2 aromatic rings. The number of aliphatic hydroxyl groups is 1. The van der Waals surface area contributed by atoms with Crippen LogP contribution in [0.5, 0.6) is 0 Å². The number of H-pyrrole nitrogens is 1. The fourth-order valence-corrected chi connectivity index (χ4v) is 2.63. The van der Waals surface area contributed by atoms with E-state index in [-0.39, 0.29) is 11.8 Å². The van der Waals surface area contributed by atoms with Gasteiger partial charge in [-0.15, -0.1) is 0 Å². The Balaban J connectivity index is 2.18. The van der Waals surface area contributed by atoms with E-state index in [1.54, 1.807) is 0 Å². The third kappa shape index (κ3) is 6.13. The minimum absolute atomic E-state index is 0.116. The molecule has 0 saturated heterocycles. The fraction of sp³-hybridized carbons (Fsp3) is 0.353. The monoisotopic (exact) mass is 464 g/mol. The Morgan fingerprint density at radius 2 is 1.42 bits per heavy atom. The largest absolute Gasteiger partial charge is 0.477 e. The van der Waals surface area contributed by atoms with Crippen LogP contribution in [0.1, 0.15) is 44.5 Å². The zero-order valence-corrected chi connectivity index (χ0v) is 15.0. The maximum absolute atomic E-state index is 12.9. The van der Waals surface area contributed by atoms with Gasteiger partial charge in [-0.3, -0.25) is 0 Å². The van der Waals surface area contributed by atoms with Crippen LogP contribution in [0.25, 0.3) is 0 Å². The molecule has 31 heavy (non-hydrogen) atoms. The number of hydrogen-bond acceptors (Lipinski definition) is 3. The summed E-state index contributed by atoms with van der Waals surface area (Å²) in [7, 11) is 0. The van der Waals surface area contributed by atoms with Crippen LogP contribution in [-0.4, -0.2) is 27.7 Å². The molecule has 0 bridgehead atoms. The van der Waals surface area contributed by atoms with Gasteiger partial charge in [0.25, 0.3) is 0 Å². The molecule has 0 fully saturated rings. The maximum Gasteiger partial charge on any atom is 0.418 e. The zero-order chi connectivity index (χ0) is 23.8. The first-order valence-corrected chi connectivity index (χ1v) is 8.20. The standard InChI is InChI=1S/C17H13F9N2O3/c18-15(19,20)8-1-7(2-9(3-8)16(21,22)23)12(29)6-27-5-10-4-11(17(24,25)26)13(28-10)14(30)31/h1-4,12,27-29H,5-6H2,(H,30,31). The highest BCUT2D eigenvalue weighted by atomic mass is 19.4. The van der Waals surface area contributed by atoms with Crippen LogP contribution in [0.4, 0.5) is 39.5 Å². The number of aromatic nitrogens is 1. The van der Waals surface area contributed by atoms with Gasteiger partial charge >= 0.3 is 24.5 Å². The summed E-state index contributed by atoms with van der Waals surface area (Å²) >= 11 is 0. The van der Waals surface area contributed by atoms with E-state index in [1.807, 2.05) is 4.98 Å². The van der Waals surface area contributed by atoms with E-state index in [1.165, 1.54) is 0 Å². The highest BCUT2D eigenvalue weighted by Crippen LogP contribution is 2.37. The molecule has 14 heteroatoms. The van der Waals surface area contributed by atoms with Crippen LogP contribution in [0.2, 0.25) is 0 Å². The van der Waals surface area contributed by atoms with Crippen molar-refractivity contribution in [2.24, 2.45) is 0 Å². The SMILES string of the molecule is O=C(O)c1[nH]c(CNCC(O)c2cc(C(F)(F)F)cc(C(F)(F)F)c2)cc1C(F)(F)F. The summed E-state index contributed by atoms with van der Waals surface area (Å²) in [6.07, 6.45) is -17.1. The summed E-state index contributed by atoms with van der Waals surface area (Å²) in [6.45, 7) is -1.13. The maximum atomic E-state index is 12.9. The van der Waals surface area contributed by atoms with Gasteiger partial charge in [-0.1, -0.05) is 0 Å². The van der Waals surface area contributed by atoms with E-state index in [9.17, 15) is 49.4 Å². The number of rotatable bonds is 6. The van der Waals surface area contributed by atoms with Crippen molar-refractivity contribution >= 4 is 5.97 Å². The molecule has 0 spiro atoms. The lowest BCUT2D eigenvalue weighted by atomic mass is 10.0. The average Bonchev–Trinajstić information content (AvgIpc) is 3.04. The molecule has 0 amide bonds. The van der Waals surface area contributed by atoms with Crippen molar-refractivity contribution in [2.45, 2.75) is 31.2 Å². The highest BCUT2D eigenvalue weighted by molar-refractivity contribution is 5.87. The van der Waals surface area contributed by atoms with Crippen LogP contribution in [-0.2, 0) is 25.1 Å². The Bertz CT molecular complexity index is 914. The minimum atomic E-state index is -5.12. The number of benzene rings is 1. The number of aliphatic hydroxyl groups excluding tert-OH is 1. The molecule has 1 aromatic heterocycles. The molecule has 0 aliphatic rings. The topological polar surface area (TPSA) is 85.3 Å². The normalized spacial score (nSPS) is 14.0. The van der Waals surface area contributed by atoms with Gasteiger partial charge in [0.1, 0.15) is 5.69 Å². The molecule has 1 atom stereocenters. The number of carbonyl (C=O) groups is 1. The number of halogens is 9. The van der Waals surface area contributed by atoms with Crippen molar-refractivity contribution in [2.75, 3.05) is 6.54 Å². The zero-order valence-electron chi connectivity index (χ0n) is 15.0. The molecule has 0 saturated carbocycles. The second-order valence-corrected chi connectivity index (χ2v) is 6.37. The molecule has 172 valence electrons. The van der Waals surface area contributed by atoms with Gasteiger partial charge in [0.15, 0.2) is 0 Å². The number of aromatic amines is 1. The predicted octanol–water partition coefficient (Wildman–Crippen LogP) is 4.59. The van der Waals surface area contributed by atoms with Gasteiger partial charge in [0.05, 0.1) is 22.8 Å². The predicted molar refractivity (Wildman–Crippen MR) is 85.9 cm³/mol. The highest BCUT2D eigenvalue weighted by Gasteiger charge is 2.38. The van der Waals surface area contributed by atoms with Crippen LogP contribution >= 0.6 is 0 Å². The van der Waals surface area contributed by atoms with Crippen LogP contribution in [0.3, 0.4) is 0 Å². The Morgan fingerprint density at radius 1 is 0.903 bits per heavy atom. The van der Waals surface area contributed by atoms with E-state index in [0.29, 0.717) is 18.2 Å². The summed E-state index contributed by atoms with van der Waals surface area (Å²) in [4.78, 5) is 12.9. The van der Waals surface area contributed by atoms with Gasteiger partial charge in [-0.2, -0.15) is 39.5 Å². The number of hydrogen-bond donors (Lipinski definition) is 4. The summed E-state index contributed by atoms with van der Waals surface area (Å²) < 4.78 is 116. The third-order valence-corrected chi connectivity index (χ3v) is 4.04. The van der Waals surface area contributed by atoms with Gasteiger partial charge in [0.2, 0.25) is 0 Å². The molecule has 1 heterocycles. The van der Waals surface area contributed by atoms with Crippen LogP contribution < -0.4 is 5.32 Å². The smallest absolute Gasteiger partial charge is 0.418 e. The molecule has 1 aromatic carbocycles. The van der Waals surface area contributed by atoms with Crippen molar-refractivity contribution in [1.29, 1.82) is 0 Å². The van der Waals surface area contributed by atoms with Crippen molar-refractivity contribution < 1.29 is 54.5 Å². The first-order valence-electron chi connectivity index (χ1n) is 8.20.